The molecule has 37 heavy (non-hydrogen) atoms. The Balaban J connectivity index is 1.50. The van der Waals surface area contributed by atoms with Crippen molar-refractivity contribution in [1.29, 1.82) is 0 Å². The third kappa shape index (κ3) is 6.68. The largest absolute Gasteiger partial charge is 0.480 e. The van der Waals surface area contributed by atoms with Crippen molar-refractivity contribution >= 4 is 29.2 Å². The maximum absolute atomic E-state index is 12.9. The van der Waals surface area contributed by atoms with Gasteiger partial charge in [0.25, 0.3) is 5.91 Å². The molecule has 0 saturated heterocycles. The highest BCUT2D eigenvalue weighted by molar-refractivity contribution is 6.31. The summed E-state index contributed by atoms with van der Waals surface area (Å²) in [5.41, 5.74) is 3.51. The van der Waals surface area contributed by atoms with Crippen LogP contribution < -0.4 is 15.4 Å². The number of carbonyl (C=O) groups is 2. The number of nitrogens with one attached hydrogen (secondary N) is 2. The molecule has 4 aromatic carbocycles. The van der Waals surface area contributed by atoms with Gasteiger partial charge in [0.1, 0.15) is 17.5 Å². The van der Waals surface area contributed by atoms with Crippen LogP contribution >= 0.6 is 11.6 Å². The van der Waals surface area contributed by atoms with Gasteiger partial charge in [-0.1, -0.05) is 72.3 Å². The summed E-state index contributed by atoms with van der Waals surface area (Å²) in [7, 11) is 0. The molecule has 0 bridgehead atoms. The lowest BCUT2D eigenvalue weighted by Gasteiger charge is -2.17. The van der Waals surface area contributed by atoms with E-state index in [4.69, 9.17) is 16.3 Å². The number of halogens is 1. The highest BCUT2D eigenvalue weighted by Gasteiger charge is 2.23. The lowest BCUT2D eigenvalue weighted by molar-refractivity contribution is -0.139. The Hall–Kier alpha value is -4.29. The van der Waals surface area contributed by atoms with E-state index in [1.165, 1.54) is 6.07 Å². The quantitative estimate of drug-likeness (QED) is 0.220. The van der Waals surface area contributed by atoms with Gasteiger partial charge in [-0.15, -0.1) is 0 Å². The molecule has 4 rings (SSSR count). The molecule has 0 heterocycles. The van der Waals surface area contributed by atoms with Crippen molar-refractivity contribution in [1.82, 2.24) is 5.32 Å². The Morgan fingerprint density at radius 3 is 2.32 bits per heavy atom. The van der Waals surface area contributed by atoms with Crippen molar-refractivity contribution in [3.63, 3.8) is 0 Å². The molecule has 6 nitrogen and oxygen atoms in total. The van der Waals surface area contributed by atoms with E-state index < -0.39 is 17.9 Å². The Morgan fingerprint density at radius 1 is 0.919 bits per heavy atom. The molecule has 7 heteroatoms. The van der Waals surface area contributed by atoms with E-state index in [0.717, 1.165) is 28.2 Å². The van der Waals surface area contributed by atoms with E-state index in [1.54, 1.807) is 12.1 Å². The number of anilines is 1. The number of ether oxygens (including phenoxy) is 1. The van der Waals surface area contributed by atoms with Crippen molar-refractivity contribution in [2.45, 2.75) is 19.4 Å². The number of carboxylic acids is 1. The summed E-state index contributed by atoms with van der Waals surface area (Å²) < 4.78 is 6.07. The molecule has 0 spiro atoms. The Morgan fingerprint density at radius 2 is 1.62 bits per heavy atom. The number of para-hydroxylation sites is 2. The zero-order valence-corrected chi connectivity index (χ0v) is 21.0. The number of carbonyl (C=O) groups excluding carboxylic acids is 1. The van der Waals surface area contributed by atoms with Crippen molar-refractivity contribution in [2.75, 3.05) is 11.9 Å². The third-order valence-electron chi connectivity index (χ3n) is 5.76. The van der Waals surface area contributed by atoms with Gasteiger partial charge in [0, 0.05) is 29.2 Å². The van der Waals surface area contributed by atoms with Gasteiger partial charge in [-0.3, -0.25) is 4.79 Å². The van der Waals surface area contributed by atoms with Gasteiger partial charge < -0.3 is 20.5 Å². The molecule has 1 amide bonds. The third-order valence-corrected chi connectivity index (χ3v) is 5.99. The molecule has 188 valence electrons. The maximum Gasteiger partial charge on any atom is 0.326 e. The number of hydrogen-bond donors (Lipinski definition) is 3. The van der Waals surface area contributed by atoms with Crippen molar-refractivity contribution < 1.29 is 19.4 Å². The molecule has 0 radical (unpaired) electrons. The van der Waals surface area contributed by atoms with E-state index in [-0.39, 0.29) is 6.42 Å². The summed E-state index contributed by atoms with van der Waals surface area (Å²) in [6, 6.07) is 28.6. The standard InChI is InChI=1S/C30H27ClN2O4/c1-2-32-26-17-16-22(31)19-25(26)29(34)33-27(30(35)36)18-20-12-14-21(15-13-20)24-10-6-7-11-28(24)37-23-8-4-3-5-9-23/h3-17,19,27,32H,2,18H2,1H3,(H,33,34)(H,35,36). The second-order valence-corrected chi connectivity index (χ2v) is 8.83. The predicted octanol–water partition coefficient (Wildman–Crippen LogP) is 6.66. The van der Waals surface area contributed by atoms with Crippen LogP contribution in [-0.4, -0.2) is 29.6 Å². The Labute approximate surface area is 220 Å². The zero-order chi connectivity index (χ0) is 26.2. The highest BCUT2D eigenvalue weighted by Crippen LogP contribution is 2.33. The van der Waals surface area contributed by atoms with Gasteiger partial charge in [0.05, 0.1) is 5.56 Å². The lowest BCUT2D eigenvalue weighted by Crippen LogP contribution is -2.42. The number of hydrogen-bond acceptors (Lipinski definition) is 4. The molecule has 1 unspecified atom stereocenters. The lowest BCUT2D eigenvalue weighted by atomic mass is 9.99. The van der Waals surface area contributed by atoms with E-state index in [2.05, 4.69) is 10.6 Å². The van der Waals surface area contributed by atoms with E-state index in [0.29, 0.717) is 22.8 Å². The van der Waals surface area contributed by atoms with Crippen LogP contribution in [0.1, 0.15) is 22.8 Å². The first-order chi connectivity index (χ1) is 17.9. The van der Waals surface area contributed by atoms with Crippen LogP contribution in [-0.2, 0) is 11.2 Å². The summed E-state index contributed by atoms with van der Waals surface area (Å²) in [5, 5.41) is 15.9. The van der Waals surface area contributed by atoms with Crippen LogP contribution in [0.3, 0.4) is 0 Å². The summed E-state index contributed by atoms with van der Waals surface area (Å²) in [6.07, 6.45) is 0.126. The molecule has 0 fully saturated rings. The average molecular weight is 515 g/mol. The topological polar surface area (TPSA) is 87.7 Å². The second kappa shape index (κ2) is 12.1. The van der Waals surface area contributed by atoms with Crippen molar-refractivity contribution in [3.8, 4) is 22.6 Å². The monoisotopic (exact) mass is 514 g/mol. The van der Waals surface area contributed by atoms with Crippen LogP contribution in [0, 0.1) is 0 Å². The SMILES string of the molecule is CCNc1ccc(Cl)cc1C(=O)NC(Cc1ccc(-c2ccccc2Oc2ccccc2)cc1)C(=O)O. The number of aliphatic carboxylic acids is 1. The van der Waals surface area contributed by atoms with Gasteiger partial charge in [0.15, 0.2) is 0 Å². The van der Waals surface area contributed by atoms with Gasteiger partial charge >= 0.3 is 5.97 Å². The summed E-state index contributed by atoms with van der Waals surface area (Å²) >= 11 is 6.08. The molecule has 3 N–H and O–H groups in total. The first kappa shape index (κ1) is 25.8. The van der Waals surface area contributed by atoms with Gasteiger partial charge in [-0.05, 0) is 54.4 Å². The molecular formula is C30H27ClN2O4. The number of rotatable bonds is 10. The maximum atomic E-state index is 12.9. The van der Waals surface area contributed by atoms with Crippen LogP contribution in [0.15, 0.2) is 97.1 Å². The van der Waals surface area contributed by atoms with Crippen LogP contribution in [0.25, 0.3) is 11.1 Å². The summed E-state index contributed by atoms with van der Waals surface area (Å²) in [4.78, 5) is 24.9. The number of benzene rings is 4. The first-order valence-electron chi connectivity index (χ1n) is 11.9. The minimum atomic E-state index is -1.12. The van der Waals surface area contributed by atoms with Gasteiger partial charge in [-0.25, -0.2) is 4.79 Å². The van der Waals surface area contributed by atoms with Crippen LogP contribution in [0.5, 0.6) is 11.5 Å². The van der Waals surface area contributed by atoms with Crippen LogP contribution in [0.4, 0.5) is 5.69 Å². The van der Waals surface area contributed by atoms with E-state index in [1.807, 2.05) is 85.8 Å². The smallest absolute Gasteiger partial charge is 0.326 e. The number of amides is 1. The molecule has 4 aromatic rings. The minimum absolute atomic E-state index is 0.126. The van der Waals surface area contributed by atoms with E-state index in [9.17, 15) is 14.7 Å². The van der Waals surface area contributed by atoms with E-state index >= 15 is 0 Å². The normalized spacial score (nSPS) is 11.4. The number of carboxylic acid groups (broad SMARTS) is 1. The van der Waals surface area contributed by atoms with Gasteiger partial charge in [-0.2, -0.15) is 0 Å². The minimum Gasteiger partial charge on any atom is -0.480 e. The van der Waals surface area contributed by atoms with Crippen molar-refractivity contribution in [3.05, 3.63) is 113 Å². The zero-order valence-electron chi connectivity index (χ0n) is 20.3. The summed E-state index contributed by atoms with van der Waals surface area (Å²) in [5.74, 6) is -0.167. The Bertz CT molecular complexity index is 1370. The molecule has 0 saturated carbocycles. The molecule has 0 aliphatic rings. The fourth-order valence-electron chi connectivity index (χ4n) is 3.95. The fraction of sp³-hybridized carbons (Fsp3) is 0.133. The molecule has 0 aliphatic heterocycles. The highest BCUT2D eigenvalue weighted by atomic mass is 35.5. The predicted molar refractivity (Wildman–Crippen MR) is 147 cm³/mol. The van der Waals surface area contributed by atoms with Crippen molar-refractivity contribution in [2.24, 2.45) is 0 Å². The molecule has 0 aliphatic carbocycles. The fourth-order valence-corrected chi connectivity index (χ4v) is 4.12. The second-order valence-electron chi connectivity index (χ2n) is 8.40. The average Bonchev–Trinajstić information content (AvgIpc) is 2.91. The van der Waals surface area contributed by atoms with Gasteiger partial charge in [0.2, 0.25) is 0 Å². The molecule has 1 atom stereocenters. The summed E-state index contributed by atoms with van der Waals surface area (Å²) in [6.45, 7) is 2.52. The van der Waals surface area contributed by atoms with Crippen LogP contribution in [0.2, 0.25) is 5.02 Å². The Kier molecular flexibility index (Phi) is 8.44. The molecular weight excluding hydrogens is 488 g/mol. The first-order valence-corrected chi connectivity index (χ1v) is 12.3. The molecule has 0 aromatic heterocycles.